The van der Waals surface area contributed by atoms with E-state index in [1.165, 1.54) is 27.1 Å². The van der Waals surface area contributed by atoms with Crippen molar-refractivity contribution in [3.63, 3.8) is 0 Å². The van der Waals surface area contributed by atoms with Crippen molar-refractivity contribution in [2.75, 3.05) is 0 Å². The van der Waals surface area contributed by atoms with E-state index in [1.807, 2.05) is 0 Å². The molecule has 2 aromatic rings. The normalized spacial score (nSPS) is 10.6. The molecule has 0 aliphatic heterocycles. The second-order valence-electron chi connectivity index (χ2n) is 3.82. The fourth-order valence-corrected chi connectivity index (χ4v) is 2.53. The van der Waals surface area contributed by atoms with Crippen LogP contribution in [0.5, 0.6) is 0 Å². The van der Waals surface area contributed by atoms with E-state index in [1.54, 1.807) is 11.3 Å². The van der Waals surface area contributed by atoms with Crippen LogP contribution in [0.25, 0.3) is 11.1 Å². The highest BCUT2D eigenvalue weighted by Crippen LogP contribution is 2.28. The molecule has 1 nitrogen and oxygen atoms in total. The molecule has 15 heavy (non-hydrogen) atoms. The quantitative estimate of drug-likeness (QED) is 0.818. The predicted octanol–water partition coefficient (Wildman–Crippen LogP) is 3.49. The fraction of sp³-hybridized carbons (Fsp3) is 0.231. The third-order valence-electron chi connectivity index (χ3n) is 2.55. The summed E-state index contributed by atoms with van der Waals surface area (Å²) in [5.74, 6) is 0. The fourth-order valence-electron chi connectivity index (χ4n) is 1.77. The summed E-state index contributed by atoms with van der Waals surface area (Å²) >= 11 is 1.73. The second-order valence-corrected chi connectivity index (χ2v) is 4.82. The lowest BCUT2D eigenvalue weighted by molar-refractivity contribution is 1.11. The summed E-state index contributed by atoms with van der Waals surface area (Å²) in [5, 5.41) is 2.18. The van der Waals surface area contributed by atoms with Gasteiger partial charge in [0.15, 0.2) is 0 Å². The van der Waals surface area contributed by atoms with Gasteiger partial charge in [-0.2, -0.15) is 0 Å². The Morgan fingerprint density at radius 1 is 1.20 bits per heavy atom. The van der Waals surface area contributed by atoms with Crippen molar-refractivity contribution >= 4 is 11.3 Å². The van der Waals surface area contributed by atoms with Gasteiger partial charge in [0.1, 0.15) is 0 Å². The van der Waals surface area contributed by atoms with E-state index in [0.717, 1.165) is 0 Å². The van der Waals surface area contributed by atoms with Gasteiger partial charge in [-0.25, -0.2) is 0 Å². The van der Waals surface area contributed by atoms with Crippen molar-refractivity contribution in [3.8, 4) is 11.1 Å². The molecule has 0 amide bonds. The molecule has 0 saturated heterocycles. The molecule has 2 rings (SSSR count). The van der Waals surface area contributed by atoms with Crippen molar-refractivity contribution < 1.29 is 0 Å². The van der Waals surface area contributed by atoms with Gasteiger partial charge in [-0.3, -0.25) is 0 Å². The summed E-state index contributed by atoms with van der Waals surface area (Å²) in [6, 6.07) is 8.74. The topological polar surface area (TPSA) is 26.0 Å². The summed E-state index contributed by atoms with van der Waals surface area (Å²) in [4.78, 5) is 1.24. The van der Waals surface area contributed by atoms with Gasteiger partial charge in [-0.15, -0.1) is 11.3 Å². The molecule has 0 unspecified atom stereocenters. The molecule has 1 aromatic heterocycles. The molecule has 0 aliphatic carbocycles. The van der Waals surface area contributed by atoms with E-state index >= 15 is 0 Å². The Bertz CT molecular complexity index is 471. The summed E-state index contributed by atoms with van der Waals surface area (Å²) < 4.78 is 0. The molecule has 0 radical (unpaired) electrons. The molecule has 1 aromatic carbocycles. The Morgan fingerprint density at radius 3 is 2.60 bits per heavy atom. The zero-order chi connectivity index (χ0) is 10.8. The van der Waals surface area contributed by atoms with Gasteiger partial charge >= 0.3 is 0 Å². The van der Waals surface area contributed by atoms with Crippen LogP contribution in [0.1, 0.15) is 16.0 Å². The van der Waals surface area contributed by atoms with E-state index in [-0.39, 0.29) is 0 Å². The third kappa shape index (κ3) is 2.11. The Labute approximate surface area is 94.6 Å². The first-order valence-electron chi connectivity index (χ1n) is 5.06. The Balaban J connectivity index is 2.44. The van der Waals surface area contributed by atoms with Crippen LogP contribution >= 0.6 is 11.3 Å². The Kier molecular flexibility index (Phi) is 2.89. The van der Waals surface area contributed by atoms with Crippen molar-refractivity contribution in [2.45, 2.75) is 20.4 Å². The maximum atomic E-state index is 5.61. The lowest BCUT2D eigenvalue weighted by atomic mass is 10.0. The molecule has 0 fully saturated rings. The van der Waals surface area contributed by atoms with Crippen LogP contribution in [0.4, 0.5) is 0 Å². The molecule has 0 bridgehead atoms. The van der Waals surface area contributed by atoms with Gasteiger partial charge in [-0.05, 0) is 42.0 Å². The standard InChI is InChI=1S/C13H15NS/c1-9-3-4-13(10(2)5-9)11-6-12(7-14)15-8-11/h3-6,8H,7,14H2,1-2H3. The number of hydrogen-bond acceptors (Lipinski definition) is 2. The zero-order valence-corrected chi connectivity index (χ0v) is 9.90. The summed E-state index contributed by atoms with van der Waals surface area (Å²) in [7, 11) is 0. The number of aryl methyl sites for hydroxylation is 2. The minimum absolute atomic E-state index is 0.634. The summed E-state index contributed by atoms with van der Waals surface area (Å²) in [5.41, 5.74) is 10.9. The van der Waals surface area contributed by atoms with Crippen LogP contribution in [0.2, 0.25) is 0 Å². The lowest BCUT2D eigenvalue weighted by Crippen LogP contribution is -1.91. The van der Waals surface area contributed by atoms with Crippen LogP contribution in [0.3, 0.4) is 0 Å². The minimum Gasteiger partial charge on any atom is -0.326 e. The van der Waals surface area contributed by atoms with Gasteiger partial charge in [0.2, 0.25) is 0 Å². The van der Waals surface area contributed by atoms with E-state index < -0.39 is 0 Å². The highest BCUT2D eigenvalue weighted by Gasteiger charge is 2.04. The smallest absolute Gasteiger partial charge is 0.0274 e. The average Bonchev–Trinajstić information content (AvgIpc) is 2.66. The predicted molar refractivity (Wildman–Crippen MR) is 67.1 cm³/mol. The highest BCUT2D eigenvalue weighted by molar-refractivity contribution is 7.10. The molecule has 0 spiro atoms. The van der Waals surface area contributed by atoms with E-state index in [9.17, 15) is 0 Å². The van der Waals surface area contributed by atoms with Gasteiger partial charge < -0.3 is 5.73 Å². The highest BCUT2D eigenvalue weighted by atomic mass is 32.1. The molecule has 1 heterocycles. The average molecular weight is 217 g/mol. The lowest BCUT2D eigenvalue weighted by Gasteiger charge is -2.04. The van der Waals surface area contributed by atoms with Crippen LogP contribution < -0.4 is 5.73 Å². The number of benzene rings is 1. The Hall–Kier alpha value is -1.12. The molecule has 2 N–H and O–H groups in total. The van der Waals surface area contributed by atoms with Crippen LogP contribution in [0, 0.1) is 13.8 Å². The maximum absolute atomic E-state index is 5.61. The van der Waals surface area contributed by atoms with Crippen LogP contribution in [0.15, 0.2) is 29.6 Å². The second kappa shape index (κ2) is 4.17. The van der Waals surface area contributed by atoms with Crippen molar-refractivity contribution in [2.24, 2.45) is 5.73 Å². The molecule has 0 aliphatic rings. The third-order valence-corrected chi connectivity index (χ3v) is 3.51. The number of hydrogen-bond donors (Lipinski definition) is 1. The van der Waals surface area contributed by atoms with Crippen molar-refractivity contribution in [1.29, 1.82) is 0 Å². The molecule has 0 atom stereocenters. The first-order valence-corrected chi connectivity index (χ1v) is 5.94. The SMILES string of the molecule is Cc1ccc(-c2csc(CN)c2)c(C)c1. The summed E-state index contributed by atoms with van der Waals surface area (Å²) in [6.07, 6.45) is 0. The van der Waals surface area contributed by atoms with Crippen LogP contribution in [-0.4, -0.2) is 0 Å². The molecule has 2 heteroatoms. The first-order chi connectivity index (χ1) is 7.20. The van der Waals surface area contributed by atoms with E-state index in [0.29, 0.717) is 6.54 Å². The molecular weight excluding hydrogens is 202 g/mol. The first kappa shape index (κ1) is 10.4. The number of thiophene rings is 1. The molecular formula is C13H15NS. The van der Waals surface area contributed by atoms with E-state index in [4.69, 9.17) is 5.73 Å². The van der Waals surface area contributed by atoms with Gasteiger partial charge in [0.25, 0.3) is 0 Å². The molecule has 0 saturated carbocycles. The number of rotatable bonds is 2. The minimum atomic E-state index is 0.634. The van der Waals surface area contributed by atoms with Gasteiger partial charge in [0, 0.05) is 11.4 Å². The zero-order valence-electron chi connectivity index (χ0n) is 9.08. The van der Waals surface area contributed by atoms with Gasteiger partial charge in [0.05, 0.1) is 0 Å². The summed E-state index contributed by atoms with van der Waals surface area (Å²) in [6.45, 7) is 4.91. The van der Waals surface area contributed by atoms with Crippen LogP contribution in [-0.2, 0) is 6.54 Å². The molecule has 78 valence electrons. The van der Waals surface area contributed by atoms with E-state index in [2.05, 4.69) is 43.5 Å². The number of nitrogens with two attached hydrogens (primary N) is 1. The van der Waals surface area contributed by atoms with Crippen molar-refractivity contribution in [3.05, 3.63) is 45.6 Å². The maximum Gasteiger partial charge on any atom is 0.0274 e. The monoisotopic (exact) mass is 217 g/mol. The van der Waals surface area contributed by atoms with Crippen molar-refractivity contribution in [1.82, 2.24) is 0 Å². The Morgan fingerprint density at radius 2 is 2.00 bits per heavy atom. The van der Waals surface area contributed by atoms with Gasteiger partial charge in [-0.1, -0.05) is 23.8 Å². The largest absolute Gasteiger partial charge is 0.326 e.